The monoisotopic (exact) mass is 494 g/mol. The minimum absolute atomic E-state index is 0. The van der Waals surface area contributed by atoms with Gasteiger partial charge in [0.25, 0.3) is 0 Å². The zero-order valence-electron chi connectivity index (χ0n) is 16.7. The first-order chi connectivity index (χ1) is 13.3. The third kappa shape index (κ3) is 6.67. The van der Waals surface area contributed by atoms with E-state index in [1.807, 2.05) is 25.2 Å². The molecule has 0 saturated carbocycles. The van der Waals surface area contributed by atoms with Crippen molar-refractivity contribution in [2.24, 2.45) is 4.99 Å². The minimum atomic E-state index is 0. The Balaban J connectivity index is 0.00000280. The van der Waals surface area contributed by atoms with Crippen LogP contribution >= 0.6 is 24.0 Å². The number of methoxy groups -OCH3 is 1. The Labute approximate surface area is 185 Å². The highest BCUT2D eigenvalue weighted by molar-refractivity contribution is 14.0. The van der Waals surface area contributed by atoms with Crippen molar-refractivity contribution in [1.82, 2.24) is 15.5 Å². The van der Waals surface area contributed by atoms with Crippen LogP contribution < -0.4 is 15.4 Å². The van der Waals surface area contributed by atoms with Gasteiger partial charge in [-0.2, -0.15) is 0 Å². The van der Waals surface area contributed by atoms with Crippen molar-refractivity contribution in [2.45, 2.75) is 32.0 Å². The second-order valence-corrected chi connectivity index (χ2v) is 6.92. The van der Waals surface area contributed by atoms with Gasteiger partial charge in [-0.15, -0.1) is 24.0 Å². The molecule has 1 saturated heterocycles. The molecule has 0 unspecified atom stereocenters. The molecule has 5 nitrogen and oxygen atoms in total. The third-order valence-corrected chi connectivity index (χ3v) is 5.04. The molecule has 1 aliphatic heterocycles. The largest absolute Gasteiger partial charge is 0.496 e. The number of benzene rings is 2. The number of aliphatic imine (C=N–C) groups is 1. The van der Waals surface area contributed by atoms with Gasteiger partial charge in [-0.25, -0.2) is 0 Å². The van der Waals surface area contributed by atoms with Crippen LogP contribution in [0.2, 0.25) is 0 Å². The lowest BCUT2D eigenvalue weighted by atomic mass is 10.0. The van der Waals surface area contributed by atoms with Crippen molar-refractivity contribution in [3.63, 3.8) is 0 Å². The Hall–Kier alpha value is -1.80. The Morgan fingerprint density at radius 1 is 1.07 bits per heavy atom. The minimum Gasteiger partial charge on any atom is -0.496 e. The summed E-state index contributed by atoms with van der Waals surface area (Å²) >= 11 is 0. The van der Waals surface area contributed by atoms with Crippen LogP contribution in [0.4, 0.5) is 0 Å². The number of hydrogen-bond donors (Lipinski definition) is 2. The second kappa shape index (κ2) is 11.9. The van der Waals surface area contributed by atoms with Gasteiger partial charge in [0.05, 0.1) is 7.11 Å². The number of likely N-dealkylation sites (tertiary alicyclic amines) is 1. The van der Waals surface area contributed by atoms with Crippen molar-refractivity contribution in [3.8, 4) is 5.75 Å². The van der Waals surface area contributed by atoms with Crippen molar-refractivity contribution < 1.29 is 4.74 Å². The summed E-state index contributed by atoms with van der Waals surface area (Å²) in [5, 5.41) is 6.97. The summed E-state index contributed by atoms with van der Waals surface area (Å²) in [7, 11) is 3.53. The Kier molecular flexibility index (Phi) is 9.57. The van der Waals surface area contributed by atoms with E-state index >= 15 is 0 Å². The van der Waals surface area contributed by atoms with E-state index in [2.05, 4.69) is 56.9 Å². The highest BCUT2D eigenvalue weighted by atomic mass is 127. The second-order valence-electron chi connectivity index (χ2n) is 6.92. The number of para-hydroxylation sites is 1. The Morgan fingerprint density at radius 2 is 1.75 bits per heavy atom. The first-order valence-corrected chi connectivity index (χ1v) is 9.64. The highest BCUT2D eigenvalue weighted by Crippen LogP contribution is 2.17. The van der Waals surface area contributed by atoms with Crippen LogP contribution in [0.25, 0.3) is 0 Å². The molecule has 2 aromatic rings. The SMILES string of the molecule is CN=C(NCc1ccccc1OC)NC1CCN(Cc2ccccc2)CC1.I. The average molecular weight is 494 g/mol. The molecular formula is C22H31IN4O. The van der Waals surface area contributed by atoms with Gasteiger partial charge in [-0.3, -0.25) is 9.89 Å². The van der Waals surface area contributed by atoms with E-state index < -0.39 is 0 Å². The lowest BCUT2D eigenvalue weighted by Gasteiger charge is -2.33. The van der Waals surface area contributed by atoms with Crippen molar-refractivity contribution in [1.29, 1.82) is 0 Å². The molecule has 0 atom stereocenters. The van der Waals surface area contributed by atoms with E-state index in [9.17, 15) is 0 Å². The zero-order chi connectivity index (χ0) is 18.9. The smallest absolute Gasteiger partial charge is 0.191 e. The maximum atomic E-state index is 5.42. The molecule has 152 valence electrons. The molecule has 28 heavy (non-hydrogen) atoms. The number of piperidine rings is 1. The molecule has 0 spiro atoms. The lowest BCUT2D eigenvalue weighted by Crippen LogP contribution is -2.48. The molecule has 0 bridgehead atoms. The summed E-state index contributed by atoms with van der Waals surface area (Å²) in [6, 6.07) is 19.2. The molecule has 0 aliphatic carbocycles. The summed E-state index contributed by atoms with van der Waals surface area (Å²) in [5.41, 5.74) is 2.51. The number of hydrogen-bond acceptors (Lipinski definition) is 3. The summed E-state index contributed by atoms with van der Waals surface area (Å²) in [6.45, 7) is 3.94. The number of ether oxygens (including phenoxy) is 1. The molecule has 6 heteroatoms. The molecule has 3 rings (SSSR count). The number of rotatable bonds is 6. The van der Waals surface area contributed by atoms with Crippen LogP contribution in [0.15, 0.2) is 59.6 Å². The fourth-order valence-corrected chi connectivity index (χ4v) is 3.49. The van der Waals surface area contributed by atoms with Gasteiger partial charge < -0.3 is 15.4 Å². The quantitative estimate of drug-likeness (QED) is 0.366. The number of halogens is 1. The third-order valence-electron chi connectivity index (χ3n) is 5.04. The van der Waals surface area contributed by atoms with Gasteiger partial charge in [-0.05, 0) is 24.5 Å². The van der Waals surface area contributed by atoms with Gasteiger partial charge >= 0.3 is 0 Å². The van der Waals surface area contributed by atoms with E-state index in [0.717, 1.165) is 49.7 Å². The molecule has 1 fully saturated rings. The lowest BCUT2D eigenvalue weighted by molar-refractivity contribution is 0.198. The zero-order valence-corrected chi connectivity index (χ0v) is 19.1. The molecular weight excluding hydrogens is 463 g/mol. The standard InChI is InChI=1S/C22H30N4O.HI/c1-23-22(24-16-19-10-6-7-11-21(19)27-2)25-20-12-14-26(15-13-20)17-18-8-4-3-5-9-18;/h3-11,20H,12-17H2,1-2H3,(H2,23,24,25);1H. The van der Waals surface area contributed by atoms with Crippen LogP contribution in [0.5, 0.6) is 5.75 Å². The summed E-state index contributed by atoms with van der Waals surface area (Å²) in [4.78, 5) is 6.91. The van der Waals surface area contributed by atoms with Crippen molar-refractivity contribution in [3.05, 3.63) is 65.7 Å². The normalized spacial score (nSPS) is 15.6. The van der Waals surface area contributed by atoms with E-state index in [4.69, 9.17) is 4.74 Å². The predicted molar refractivity (Wildman–Crippen MR) is 126 cm³/mol. The van der Waals surface area contributed by atoms with Gasteiger partial charge in [0.1, 0.15) is 5.75 Å². The van der Waals surface area contributed by atoms with Gasteiger partial charge in [0.2, 0.25) is 0 Å². The number of nitrogens with zero attached hydrogens (tertiary/aromatic N) is 2. The van der Waals surface area contributed by atoms with E-state index in [-0.39, 0.29) is 24.0 Å². The summed E-state index contributed by atoms with van der Waals surface area (Å²) in [6.07, 6.45) is 2.25. The summed E-state index contributed by atoms with van der Waals surface area (Å²) < 4.78 is 5.42. The molecule has 2 aromatic carbocycles. The molecule has 1 heterocycles. The topological polar surface area (TPSA) is 48.9 Å². The maximum Gasteiger partial charge on any atom is 0.191 e. The first-order valence-electron chi connectivity index (χ1n) is 9.64. The van der Waals surface area contributed by atoms with E-state index in [1.165, 1.54) is 5.56 Å². The van der Waals surface area contributed by atoms with Crippen molar-refractivity contribution in [2.75, 3.05) is 27.2 Å². The van der Waals surface area contributed by atoms with Crippen LogP contribution in [0, 0.1) is 0 Å². The fraction of sp³-hybridized carbons (Fsp3) is 0.409. The number of guanidine groups is 1. The van der Waals surface area contributed by atoms with Crippen LogP contribution in [0.3, 0.4) is 0 Å². The van der Waals surface area contributed by atoms with Crippen molar-refractivity contribution >= 4 is 29.9 Å². The van der Waals surface area contributed by atoms with Gasteiger partial charge in [0.15, 0.2) is 5.96 Å². The Bertz CT molecular complexity index is 730. The maximum absolute atomic E-state index is 5.42. The average Bonchev–Trinajstić information content (AvgIpc) is 2.73. The predicted octanol–water partition coefficient (Wildman–Crippen LogP) is 3.64. The van der Waals surface area contributed by atoms with Gasteiger partial charge in [-0.1, -0.05) is 48.5 Å². The van der Waals surface area contributed by atoms with E-state index in [1.54, 1.807) is 7.11 Å². The number of nitrogens with one attached hydrogen (secondary N) is 2. The Morgan fingerprint density at radius 3 is 2.43 bits per heavy atom. The molecule has 0 amide bonds. The molecule has 0 radical (unpaired) electrons. The summed E-state index contributed by atoms with van der Waals surface area (Å²) in [5.74, 6) is 1.75. The van der Waals surface area contributed by atoms with Crippen LogP contribution in [0.1, 0.15) is 24.0 Å². The molecule has 0 aromatic heterocycles. The van der Waals surface area contributed by atoms with Gasteiger partial charge in [0, 0.05) is 44.8 Å². The van der Waals surface area contributed by atoms with E-state index in [0.29, 0.717) is 12.6 Å². The van der Waals surface area contributed by atoms with Crippen LogP contribution in [-0.2, 0) is 13.1 Å². The molecule has 1 aliphatic rings. The fourth-order valence-electron chi connectivity index (χ4n) is 3.49. The highest BCUT2D eigenvalue weighted by Gasteiger charge is 2.20. The molecule has 2 N–H and O–H groups in total. The van der Waals surface area contributed by atoms with Crippen LogP contribution in [-0.4, -0.2) is 44.1 Å². The first kappa shape index (κ1) is 22.5.